The van der Waals surface area contributed by atoms with Crippen molar-refractivity contribution in [3.63, 3.8) is 0 Å². The van der Waals surface area contributed by atoms with Crippen molar-refractivity contribution >= 4 is 5.91 Å². The molecule has 0 aliphatic heterocycles. The third-order valence-corrected chi connectivity index (χ3v) is 4.54. The van der Waals surface area contributed by atoms with Gasteiger partial charge in [-0.25, -0.2) is 0 Å². The normalized spacial score (nSPS) is 27.1. The lowest BCUT2D eigenvalue weighted by Crippen LogP contribution is -2.60. The Morgan fingerprint density at radius 2 is 1.62 bits per heavy atom. The third-order valence-electron chi connectivity index (χ3n) is 4.54. The summed E-state index contributed by atoms with van der Waals surface area (Å²) >= 11 is 0. The molecule has 3 heteroatoms. The van der Waals surface area contributed by atoms with Gasteiger partial charge in [0.15, 0.2) is 0 Å². The lowest BCUT2D eigenvalue weighted by Gasteiger charge is -2.36. The summed E-state index contributed by atoms with van der Waals surface area (Å²) in [5.74, 6) is 0.289. The Balaban J connectivity index is 2.04. The van der Waals surface area contributed by atoms with Crippen LogP contribution >= 0.6 is 0 Å². The van der Waals surface area contributed by atoms with Gasteiger partial charge < -0.3 is 11.1 Å². The lowest BCUT2D eigenvalue weighted by atomic mass is 9.82. The molecule has 0 radical (unpaired) electrons. The number of primary amides is 1. The van der Waals surface area contributed by atoms with E-state index >= 15 is 0 Å². The molecule has 2 rings (SSSR count). The molecular weight excluding hydrogens is 200 g/mol. The molecule has 0 bridgehead atoms. The van der Waals surface area contributed by atoms with Gasteiger partial charge >= 0.3 is 0 Å². The highest BCUT2D eigenvalue weighted by atomic mass is 16.1. The number of carbonyl (C=O) groups excluding carboxylic acids is 1. The van der Waals surface area contributed by atoms with Crippen LogP contribution in [-0.2, 0) is 4.79 Å². The van der Waals surface area contributed by atoms with Gasteiger partial charge in [-0.15, -0.1) is 0 Å². The minimum absolute atomic E-state index is 0.161. The van der Waals surface area contributed by atoms with Gasteiger partial charge in [-0.2, -0.15) is 0 Å². The van der Waals surface area contributed by atoms with E-state index in [1.54, 1.807) is 0 Å². The van der Waals surface area contributed by atoms with E-state index in [0.29, 0.717) is 12.0 Å². The first-order chi connectivity index (χ1) is 7.63. The van der Waals surface area contributed by atoms with Crippen molar-refractivity contribution in [1.82, 2.24) is 5.32 Å². The summed E-state index contributed by atoms with van der Waals surface area (Å²) in [4.78, 5) is 11.8. The highest BCUT2D eigenvalue weighted by Crippen LogP contribution is 2.35. The van der Waals surface area contributed by atoms with Crippen LogP contribution in [0.1, 0.15) is 58.3 Å². The zero-order valence-corrected chi connectivity index (χ0v) is 10.3. The zero-order chi connectivity index (χ0) is 11.6. The number of carbonyl (C=O) groups is 1. The number of rotatable bonds is 4. The largest absolute Gasteiger partial charge is 0.368 e. The van der Waals surface area contributed by atoms with Crippen LogP contribution in [0.4, 0.5) is 0 Å². The van der Waals surface area contributed by atoms with Crippen LogP contribution in [0.5, 0.6) is 0 Å². The predicted molar refractivity (Wildman–Crippen MR) is 64.9 cm³/mol. The van der Waals surface area contributed by atoms with Crippen LogP contribution in [0.3, 0.4) is 0 Å². The van der Waals surface area contributed by atoms with Gasteiger partial charge in [0.2, 0.25) is 5.91 Å². The first kappa shape index (κ1) is 11.9. The fraction of sp³-hybridized carbons (Fsp3) is 0.923. The van der Waals surface area contributed by atoms with E-state index in [4.69, 9.17) is 5.73 Å². The van der Waals surface area contributed by atoms with Crippen LogP contribution in [0, 0.1) is 5.92 Å². The van der Waals surface area contributed by atoms with E-state index in [1.807, 2.05) is 6.92 Å². The van der Waals surface area contributed by atoms with E-state index in [1.165, 1.54) is 38.5 Å². The zero-order valence-electron chi connectivity index (χ0n) is 10.3. The molecule has 2 fully saturated rings. The van der Waals surface area contributed by atoms with Gasteiger partial charge in [-0.1, -0.05) is 25.7 Å². The molecule has 0 aromatic carbocycles. The number of nitrogens with two attached hydrogens (primary N) is 1. The Labute approximate surface area is 98.2 Å². The van der Waals surface area contributed by atoms with Gasteiger partial charge in [-0.05, 0) is 38.5 Å². The molecule has 2 aliphatic rings. The maximum Gasteiger partial charge on any atom is 0.237 e. The fourth-order valence-corrected chi connectivity index (χ4v) is 3.39. The Bertz CT molecular complexity index is 255. The molecule has 0 heterocycles. The van der Waals surface area contributed by atoms with Crippen LogP contribution < -0.4 is 11.1 Å². The van der Waals surface area contributed by atoms with Gasteiger partial charge in [0.05, 0.1) is 5.54 Å². The monoisotopic (exact) mass is 224 g/mol. The molecular formula is C13H24N2O. The SMILES string of the molecule is CC(NC1CCCC1)(C(N)=O)C1CCCC1. The van der Waals surface area contributed by atoms with Gasteiger partial charge in [0, 0.05) is 6.04 Å². The van der Waals surface area contributed by atoms with Gasteiger partial charge in [0.1, 0.15) is 0 Å². The maximum absolute atomic E-state index is 11.8. The Kier molecular flexibility index (Phi) is 3.53. The highest BCUT2D eigenvalue weighted by molar-refractivity contribution is 5.84. The van der Waals surface area contributed by atoms with Crippen LogP contribution in [0.25, 0.3) is 0 Å². The second-order valence-corrected chi connectivity index (χ2v) is 5.67. The van der Waals surface area contributed by atoms with E-state index < -0.39 is 5.54 Å². The molecule has 0 aromatic rings. The Morgan fingerprint density at radius 1 is 1.12 bits per heavy atom. The molecule has 92 valence electrons. The molecule has 1 amide bonds. The molecule has 3 N–H and O–H groups in total. The van der Waals surface area contributed by atoms with Crippen molar-refractivity contribution in [1.29, 1.82) is 0 Å². The first-order valence-corrected chi connectivity index (χ1v) is 6.70. The summed E-state index contributed by atoms with van der Waals surface area (Å²) in [5, 5.41) is 3.56. The average Bonchev–Trinajstić information content (AvgIpc) is 2.88. The summed E-state index contributed by atoms with van der Waals surface area (Å²) in [6, 6.07) is 0.512. The van der Waals surface area contributed by atoms with Crippen molar-refractivity contribution < 1.29 is 4.79 Å². The maximum atomic E-state index is 11.8. The van der Waals surface area contributed by atoms with E-state index in [0.717, 1.165) is 12.8 Å². The van der Waals surface area contributed by atoms with Gasteiger partial charge in [-0.3, -0.25) is 4.79 Å². The van der Waals surface area contributed by atoms with E-state index in [9.17, 15) is 4.79 Å². The number of hydrogen-bond acceptors (Lipinski definition) is 2. The summed E-state index contributed by atoms with van der Waals surface area (Å²) in [6.45, 7) is 2.02. The molecule has 1 unspecified atom stereocenters. The number of hydrogen-bond donors (Lipinski definition) is 2. The van der Waals surface area contributed by atoms with Crippen molar-refractivity contribution in [2.45, 2.75) is 69.9 Å². The molecule has 2 aliphatic carbocycles. The predicted octanol–water partition coefficient (Wildman–Crippen LogP) is 1.95. The topological polar surface area (TPSA) is 55.1 Å². The Hall–Kier alpha value is -0.570. The third kappa shape index (κ3) is 2.24. The quantitative estimate of drug-likeness (QED) is 0.767. The van der Waals surface area contributed by atoms with Crippen molar-refractivity contribution in [3.8, 4) is 0 Å². The summed E-state index contributed by atoms with van der Waals surface area (Å²) in [5.41, 5.74) is 5.16. The molecule has 3 nitrogen and oxygen atoms in total. The van der Waals surface area contributed by atoms with Crippen LogP contribution in [0.15, 0.2) is 0 Å². The average molecular weight is 224 g/mol. The number of nitrogens with one attached hydrogen (secondary N) is 1. The van der Waals surface area contributed by atoms with Crippen molar-refractivity contribution in [3.05, 3.63) is 0 Å². The first-order valence-electron chi connectivity index (χ1n) is 6.70. The summed E-state index contributed by atoms with van der Waals surface area (Å²) in [7, 11) is 0. The summed E-state index contributed by atoms with van der Waals surface area (Å²) in [6.07, 6.45) is 9.79. The van der Waals surface area contributed by atoms with Crippen molar-refractivity contribution in [2.24, 2.45) is 11.7 Å². The lowest BCUT2D eigenvalue weighted by molar-refractivity contribution is -0.126. The van der Waals surface area contributed by atoms with E-state index in [2.05, 4.69) is 5.32 Å². The fourth-order valence-electron chi connectivity index (χ4n) is 3.39. The molecule has 0 aromatic heterocycles. The highest BCUT2D eigenvalue weighted by Gasteiger charge is 2.42. The second kappa shape index (κ2) is 4.74. The second-order valence-electron chi connectivity index (χ2n) is 5.67. The number of amides is 1. The van der Waals surface area contributed by atoms with Crippen LogP contribution in [0.2, 0.25) is 0 Å². The van der Waals surface area contributed by atoms with E-state index in [-0.39, 0.29) is 5.91 Å². The molecule has 0 saturated heterocycles. The molecule has 1 atom stereocenters. The minimum atomic E-state index is -0.467. The smallest absolute Gasteiger partial charge is 0.237 e. The minimum Gasteiger partial charge on any atom is -0.368 e. The molecule has 2 saturated carbocycles. The van der Waals surface area contributed by atoms with Gasteiger partial charge in [0.25, 0.3) is 0 Å². The summed E-state index contributed by atoms with van der Waals surface area (Å²) < 4.78 is 0. The van der Waals surface area contributed by atoms with Crippen molar-refractivity contribution in [2.75, 3.05) is 0 Å². The molecule has 0 spiro atoms. The molecule has 16 heavy (non-hydrogen) atoms. The standard InChI is InChI=1S/C13H24N2O/c1-13(12(14)16,10-6-2-3-7-10)15-11-8-4-5-9-11/h10-11,15H,2-9H2,1H3,(H2,14,16). The van der Waals surface area contributed by atoms with Crippen LogP contribution in [-0.4, -0.2) is 17.5 Å². The Morgan fingerprint density at radius 3 is 2.12 bits per heavy atom.